The molecule has 0 saturated heterocycles. The molecule has 4 heteroatoms. The molecule has 0 aromatic carbocycles. The fourth-order valence-electron chi connectivity index (χ4n) is 5.90. The molecule has 0 radical (unpaired) electrons. The molecule has 42 heavy (non-hydrogen) atoms. The van der Waals surface area contributed by atoms with Crippen LogP contribution >= 0.6 is 0 Å². The topological polar surface area (TPSA) is 49.4 Å². The molecule has 1 N–H and O–H groups in total. The smallest absolute Gasteiger partial charge is 0.324 e. The van der Waals surface area contributed by atoms with Crippen LogP contribution < -0.4 is 5.32 Å². The van der Waals surface area contributed by atoms with Gasteiger partial charge in [-0.1, -0.05) is 194 Å². The van der Waals surface area contributed by atoms with Crippen molar-refractivity contribution >= 4 is 11.9 Å². The van der Waals surface area contributed by atoms with E-state index in [-0.39, 0.29) is 11.9 Å². The summed E-state index contributed by atoms with van der Waals surface area (Å²) in [6.07, 6.45) is 38.7. The lowest BCUT2D eigenvalue weighted by Gasteiger charge is -2.21. The number of carbonyl (C=O) groups is 2. The predicted octanol–water partition coefficient (Wildman–Crippen LogP) is 12.7. The first kappa shape index (κ1) is 40.9. The van der Waals surface area contributed by atoms with Crippen molar-refractivity contribution < 1.29 is 9.59 Å². The molecule has 0 aliphatic rings. The van der Waals surface area contributed by atoms with Gasteiger partial charge in [0.1, 0.15) is 0 Å². The third-order valence-corrected chi connectivity index (χ3v) is 8.83. The largest absolute Gasteiger partial charge is 0.338 e. The number of amides is 3. The van der Waals surface area contributed by atoms with Crippen molar-refractivity contribution in [3.63, 3.8) is 0 Å². The maximum atomic E-state index is 13.1. The molecule has 0 spiro atoms. The van der Waals surface area contributed by atoms with Crippen LogP contribution in [0.15, 0.2) is 0 Å². The van der Waals surface area contributed by atoms with Crippen molar-refractivity contribution in [1.82, 2.24) is 10.2 Å². The summed E-state index contributed by atoms with van der Waals surface area (Å²) in [6.45, 7) is 8.07. The maximum absolute atomic E-state index is 13.1. The van der Waals surface area contributed by atoms with Gasteiger partial charge in [0.25, 0.3) is 0 Å². The van der Waals surface area contributed by atoms with Gasteiger partial charge in [0, 0.05) is 19.5 Å². The number of urea groups is 1. The van der Waals surface area contributed by atoms with Gasteiger partial charge >= 0.3 is 6.03 Å². The van der Waals surface area contributed by atoms with Crippen LogP contribution in [0.3, 0.4) is 0 Å². The van der Waals surface area contributed by atoms with Crippen molar-refractivity contribution in [2.24, 2.45) is 0 Å². The Balaban J connectivity index is 4.23. The highest BCUT2D eigenvalue weighted by atomic mass is 16.2. The summed E-state index contributed by atoms with van der Waals surface area (Å²) in [4.78, 5) is 27.6. The SMILES string of the molecule is CCCCCCCCCCCCNC(=O)N(CCCCCCCCCCCC)C(=O)CCCCCCCCCCCC. The molecule has 0 bridgehead atoms. The number of carbonyl (C=O) groups excluding carboxylic acids is 2. The van der Waals surface area contributed by atoms with Crippen molar-refractivity contribution in [1.29, 1.82) is 0 Å². The number of unbranched alkanes of at least 4 members (excludes halogenated alkanes) is 27. The van der Waals surface area contributed by atoms with Crippen LogP contribution in [0.2, 0.25) is 0 Å². The molecule has 0 aliphatic heterocycles. The Morgan fingerprint density at radius 3 is 1.10 bits per heavy atom. The Labute approximate surface area is 264 Å². The minimum atomic E-state index is -0.154. The molecule has 0 aliphatic carbocycles. The minimum absolute atomic E-state index is 0.0334. The van der Waals surface area contributed by atoms with Crippen molar-refractivity contribution in [2.45, 2.75) is 220 Å². The normalized spacial score (nSPS) is 11.2. The molecule has 0 saturated carbocycles. The lowest BCUT2D eigenvalue weighted by molar-refractivity contribution is -0.128. The Morgan fingerprint density at radius 2 is 0.714 bits per heavy atom. The number of hydrogen-bond acceptors (Lipinski definition) is 2. The van der Waals surface area contributed by atoms with Gasteiger partial charge in [-0.25, -0.2) is 4.79 Å². The molecular formula is C38H76N2O2. The molecule has 0 aromatic rings. The predicted molar refractivity (Wildman–Crippen MR) is 185 cm³/mol. The van der Waals surface area contributed by atoms with Crippen molar-refractivity contribution in [3.05, 3.63) is 0 Å². The number of hydrogen-bond donors (Lipinski definition) is 1. The van der Waals surface area contributed by atoms with Gasteiger partial charge < -0.3 is 5.32 Å². The van der Waals surface area contributed by atoms with Crippen LogP contribution in [0.5, 0.6) is 0 Å². The number of imide groups is 1. The first-order valence-corrected chi connectivity index (χ1v) is 19.3. The molecular weight excluding hydrogens is 516 g/mol. The fraction of sp³-hybridized carbons (Fsp3) is 0.947. The lowest BCUT2D eigenvalue weighted by Crippen LogP contribution is -2.44. The van der Waals surface area contributed by atoms with Gasteiger partial charge in [0.2, 0.25) is 5.91 Å². The van der Waals surface area contributed by atoms with Gasteiger partial charge in [-0.05, 0) is 19.3 Å². The van der Waals surface area contributed by atoms with Crippen LogP contribution in [0.25, 0.3) is 0 Å². The molecule has 0 atom stereocenters. The van der Waals surface area contributed by atoms with Crippen LogP contribution in [0.4, 0.5) is 4.79 Å². The molecule has 250 valence electrons. The van der Waals surface area contributed by atoms with E-state index in [1.807, 2.05) is 0 Å². The summed E-state index contributed by atoms with van der Waals surface area (Å²) in [5, 5.41) is 3.08. The molecule has 0 fully saturated rings. The van der Waals surface area contributed by atoms with E-state index in [9.17, 15) is 9.59 Å². The van der Waals surface area contributed by atoms with Gasteiger partial charge in [-0.3, -0.25) is 9.69 Å². The van der Waals surface area contributed by atoms with Crippen LogP contribution in [0, 0.1) is 0 Å². The van der Waals surface area contributed by atoms with Gasteiger partial charge in [0.15, 0.2) is 0 Å². The number of nitrogens with one attached hydrogen (secondary N) is 1. The summed E-state index contributed by atoms with van der Waals surface area (Å²) < 4.78 is 0. The number of rotatable bonds is 33. The van der Waals surface area contributed by atoms with Crippen LogP contribution in [0.1, 0.15) is 220 Å². The number of nitrogens with zero attached hydrogens (tertiary/aromatic N) is 1. The highest BCUT2D eigenvalue weighted by Crippen LogP contribution is 2.14. The molecule has 0 aromatic heterocycles. The zero-order valence-corrected chi connectivity index (χ0v) is 29.1. The van der Waals surface area contributed by atoms with Gasteiger partial charge in [0.05, 0.1) is 0 Å². The van der Waals surface area contributed by atoms with Crippen LogP contribution in [-0.4, -0.2) is 29.9 Å². The van der Waals surface area contributed by atoms with Gasteiger partial charge in [-0.2, -0.15) is 0 Å². The lowest BCUT2D eigenvalue weighted by atomic mass is 10.1. The monoisotopic (exact) mass is 593 g/mol. The first-order chi connectivity index (χ1) is 20.7. The van der Waals surface area contributed by atoms with E-state index >= 15 is 0 Å². The Morgan fingerprint density at radius 1 is 0.405 bits per heavy atom. The molecule has 0 heterocycles. The maximum Gasteiger partial charge on any atom is 0.324 e. The third-order valence-electron chi connectivity index (χ3n) is 8.83. The average molecular weight is 593 g/mol. The Kier molecular flexibility index (Phi) is 33.6. The van der Waals surface area contributed by atoms with Crippen LogP contribution in [-0.2, 0) is 4.79 Å². The van der Waals surface area contributed by atoms with E-state index in [0.717, 1.165) is 32.1 Å². The first-order valence-electron chi connectivity index (χ1n) is 19.3. The molecule has 3 amide bonds. The standard InChI is InChI=1S/C38H76N2O2/c1-4-7-10-13-16-19-22-25-28-31-34-37(41)40(36-33-30-27-24-21-18-15-12-9-6-3)38(42)39-35-32-29-26-23-20-17-14-11-8-5-2/h4-36H2,1-3H3,(H,39,42). The Bertz CT molecular complexity index is 565. The van der Waals surface area contributed by atoms with E-state index in [1.54, 1.807) is 4.90 Å². The van der Waals surface area contributed by atoms with E-state index in [4.69, 9.17) is 0 Å². The second-order valence-electron chi connectivity index (χ2n) is 13.1. The third kappa shape index (κ3) is 29.0. The van der Waals surface area contributed by atoms with E-state index < -0.39 is 0 Å². The fourth-order valence-corrected chi connectivity index (χ4v) is 5.90. The quantitative estimate of drug-likeness (QED) is 0.0770. The van der Waals surface area contributed by atoms with E-state index in [0.29, 0.717) is 19.5 Å². The van der Waals surface area contributed by atoms with E-state index in [1.165, 1.54) is 161 Å². The van der Waals surface area contributed by atoms with Crippen molar-refractivity contribution in [3.8, 4) is 0 Å². The summed E-state index contributed by atoms with van der Waals surface area (Å²) in [5.74, 6) is 0.0334. The zero-order chi connectivity index (χ0) is 30.8. The minimum Gasteiger partial charge on any atom is -0.338 e. The highest BCUT2D eigenvalue weighted by molar-refractivity contribution is 5.94. The highest BCUT2D eigenvalue weighted by Gasteiger charge is 2.20. The summed E-state index contributed by atoms with van der Waals surface area (Å²) >= 11 is 0. The average Bonchev–Trinajstić information content (AvgIpc) is 2.99. The Hall–Kier alpha value is -1.06. The second kappa shape index (κ2) is 34.4. The second-order valence-corrected chi connectivity index (χ2v) is 13.1. The summed E-state index contributed by atoms with van der Waals surface area (Å²) in [6, 6.07) is -0.154. The summed E-state index contributed by atoms with van der Waals surface area (Å²) in [5.41, 5.74) is 0. The molecule has 0 unspecified atom stereocenters. The molecule has 4 nitrogen and oxygen atoms in total. The summed E-state index contributed by atoms with van der Waals surface area (Å²) in [7, 11) is 0. The van der Waals surface area contributed by atoms with E-state index in [2.05, 4.69) is 26.1 Å². The zero-order valence-electron chi connectivity index (χ0n) is 29.1. The molecule has 0 rings (SSSR count). The van der Waals surface area contributed by atoms with Gasteiger partial charge in [-0.15, -0.1) is 0 Å². The van der Waals surface area contributed by atoms with Crippen molar-refractivity contribution in [2.75, 3.05) is 13.1 Å².